The Balaban J connectivity index is 1.19. The summed E-state index contributed by atoms with van der Waals surface area (Å²) in [6, 6.07) is 11.1. The van der Waals surface area contributed by atoms with Crippen LogP contribution in [0.5, 0.6) is 0 Å². The van der Waals surface area contributed by atoms with Gasteiger partial charge in [0.1, 0.15) is 22.7 Å². The van der Waals surface area contributed by atoms with E-state index in [4.69, 9.17) is 0 Å². The predicted octanol–water partition coefficient (Wildman–Crippen LogP) is 5.24. The number of piperazine rings is 1. The lowest BCUT2D eigenvalue weighted by Gasteiger charge is -2.37. The highest BCUT2D eigenvalue weighted by Gasteiger charge is 2.46. The first-order chi connectivity index (χ1) is 21.7. The van der Waals surface area contributed by atoms with Gasteiger partial charge < -0.3 is 19.4 Å². The number of hydrogen-bond donors (Lipinski definition) is 2. The van der Waals surface area contributed by atoms with E-state index >= 15 is 0 Å². The molecule has 1 aliphatic heterocycles. The number of carbonyl (C=O) groups is 1. The van der Waals surface area contributed by atoms with Crippen LogP contribution in [0.3, 0.4) is 0 Å². The zero-order valence-corrected chi connectivity index (χ0v) is 25.0. The molecule has 10 nitrogen and oxygen atoms in total. The summed E-state index contributed by atoms with van der Waals surface area (Å²) in [6.07, 6.45) is 0. The first-order valence-corrected chi connectivity index (χ1v) is 15.4. The van der Waals surface area contributed by atoms with Crippen molar-refractivity contribution in [3.63, 3.8) is 0 Å². The van der Waals surface area contributed by atoms with E-state index < -0.39 is 44.4 Å². The summed E-state index contributed by atoms with van der Waals surface area (Å²) in [6.45, 7) is 2.60. The molecule has 1 aliphatic rings. The van der Waals surface area contributed by atoms with Gasteiger partial charge in [0, 0.05) is 44.9 Å². The topological polar surface area (TPSA) is 116 Å². The smallest absolute Gasteiger partial charge is 0.366 e. The van der Waals surface area contributed by atoms with E-state index in [9.17, 15) is 39.6 Å². The number of aromatic nitrogens is 4. The molecule has 0 radical (unpaired) electrons. The van der Waals surface area contributed by atoms with Gasteiger partial charge in [-0.25, -0.2) is 23.1 Å². The Morgan fingerprint density at radius 1 is 0.978 bits per heavy atom. The van der Waals surface area contributed by atoms with Crippen LogP contribution in [0.2, 0.25) is 0 Å². The van der Waals surface area contributed by atoms with E-state index in [2.05, 4.69) is 15.0 Å². The van der Waals surface area contributed by atoms with Gasteiger partial charge in [0.15, 0.2) is 17.5 Å². The number of hydrogen-bond acceptors (Lipinski definition) is 6. The number of fused-ring (bicyclic) bond motifs is 2. The second kappa shape index (κ2) is 11.2. The fourth-order valence-corrected chi connectivity index (χ4v) is 6.09. The molecule has 2 N–H and O–H groups in total. The monoisotopic (exact) mass is 665 g/mol. The fraction of sp³-hybridized carbons (Fsp3) is 0.276. The summed E-state index contributed by atoms with van der Waals surface area (Å²) in [5.74, 6) is -3.85. The number of nitrogens with one attached hydrogen (secondary N) is 2. The minimum atomic E-state index is -5.62. The molecule has 0 bridgehead atoms. The average molecular weight is 666 g/mol. The molecule has 1 saturated heterocycles. The van der Waals surface area contributed by atoms with Crippen molar-refractivity contribution in [2.45, 2.75) is 18.3 Å². The number of carbonyl (C=O) groups excluding carboxylic acids is 1. The molecule has 6 rings (SSSR count). The molecule has 1 fully saturated rings. The van der Waals surface area contributed by atoms with Crippen molar-refractivity contribution in [2.75, 3.05) is 35.8 Å². The second-order valence-electron chi connectivity index (χ2n) is 10.8. The fourth-order valence-electron chi connectivity index (χ4n) is 5.51. The SMILES string of the molecule is CC(c1nc2c(F)cc(F)c(F)c2[nH]1)c1nc2ccc(C(=O)N3CCN(c4ccccc4NS(=O)(=O)C(F)(F)F)CC3)cc2n1C. The molecule has 1 amide bonds. The molecule has 0 saturated carbocycles. The second-order valence-corrected chi connectivity index (χ2v) is 12.5. The van der Waals surface area contributed by atoms with Gasteiger partial charge in [-0.3, -0.25) is 9.52 Å². The molecule has 3 heterocycles. The van der Waals surface area contributed by atoms with Crippen molar-refractivity contribution in [1.29, 1.82) is 0 Å². The van der Waals surface area contributed by atoms with E-state index in [0.29, 0.717) is 28.5 Å². The number of rotatable bonds is 6. The molecule has 242 valence electrons. The molecular formula is C29H25F6N7O3S. The highest BCUT2D eigenvalue weighted by molar-refractivity contribution is 7.93. The molecule has 1 unspecified atom stereocenters. The van der Waals surface area contributed by atoms with Crippen LogP contribution in [0.25, 0.3) is 22.1 Å². The van der Waals surface area contributed by atoms with Crippen LogP contribution in [0.15, 0.2) is 48.5 Å². The van der Waals surface area contributed by atoms with Gasteiger partial charge in [0.2, 0.25) is 0 Å². The normalized spacial score (nSPS) is 15.1. The van der Waals surface area contributed by atoms with Crippen LogP contribution in [0.1, 0.15) is 34.8 Å². The average Bonchev–Trinajstić information content (AvgIpc) is 3.61. The Labute approximate surface area is 257 Å². The van der Waals surface area contributed by atoms with E-state index in [1.54, 1.807) is 57.3 Å². The number of benzene rings is 3. The molecule has 1 atom stereocenters. The third kappa shape index (κ3) is 5.37. The molecule has 0 aliphatic carbocycles. The summed E-state index contributed by atoms with van der Waals surface area (Å²) in [7, 11) is -3.91. The summed E-state index contributed by atoms with van der Waals surface area (Å²) in [5, 5.41) is 0. The molecule has 46 heavy (non-hydrogen) atoms. The zero-order valence-electron chi connectivity index (χ0n) is 24.2. The number of H-pyrrole nitrogens is 1. The van der Waals surface area contributed by atoms with Crippen LogP contribution in [0.4, 0.5) is 37.7 Å². The first kappa shape index (κ1) is 31.2. The largest absolute Gasteiger partial charge is 0.516 e. The predicted molar refractivity (Wildman–Crippen MR) is 157 cm³/mol. The van der Waals surface area contributed by atoms with Crippen LogP contribution in [0, 0.1) is 17.5 Å². The molecule has 2 aromatic heterocycles. The lowest BCUT2D eigenvalue weighted by Crippen LogP contribution is -2.49. The van der Waals surface area contributed by atoms with Crippen LogP contribution in [-0.4, -0.2) is 70.4 Å². The number of halogens is 6. The third-order valence-electron chi connectivity index (χ3n) is 7.95. The number of aryl methyl sites for hydroxylation is 1. The van der Waals surface area contributed by atoms with Gasteiger partial charge in [0.05, 0.1) is 28.3 Å². The number of alkyl halides is 3. The van der Waals surface area contributed by atoms with Gasteiger partial charge >= 0.3 is 15.5 Å². The van der Waals surface area contributed by atoms with Crippen LogP contribution < -0.4 is 9.62 Å². The van der Waals surface area contributed by atoms with E-state index in [0.717, 1.165) is 0 Å². The number of anilines is 2. The number of imidazole rings is 2. The molecule has 0 spiro atoms. The number of para-hydroxylation sites is 2. The van der Waals surface area contributed by atoms with Gasteiger partial charge in [-0.05, 0) is 37.3 Å². The Bertz CT molecular complexity index is 2100. The quantitative estimate of drug-likeness (QED) is 0.189. The summed E-state index contributed by atoms with van der Waals surface area (Å²) >= 11 is 0. The molecular weight excluding hydrogens is 640 g/mol. The van der Waals surface area contributed by atoms with Crippen molar-refractivity contribution in [3.8, 4) is 0 Å². The first-order valence-electron chi connectivity index (χ1n) is 13.9. The number of sulfonamides is 1. The highest BCUT2D eigenvalue weighted by atomic mass is 32.2. The van der Waals surface area contributed by atoms with Crippen molar-refractivity contribution in [2.24, 2.45) is 7.05 Å². The Hall–Kier alpha value is -4.80. The Morgan fingerprint density at radius 3 is 2.37 bits per heavy atom. The third-order valence-corrected chi connectivity index (χ3v) is 9.05. The number of amides is 1. The summed E-state index contributed by atoms with van der Waals surface area (Å²) < 4.78 is 108. The van der Waals surface area contributed by atoms with Crippen LogP contribution in [-0.2, 0) is 17.1 Å². The highest BCUT2D eigenvalue weighted by Crippen LogP contribution is 2.33. The van der Waals surface area contributed by atoms with E-state index in [1.165, 1.54) is 18.2 Å². The molecule has 3 aromatic carbocycles. The zero-order chi connectivity index (χ0) is 33.1. The van der Waals surface area contributed by atoms with Gasteiger partial charge in [-0.1, -0.05) is 12.1 Å². The number of nitrogens with zero attached hydrogens (tertiary/aromatic N) is 5. The lowest BCUT2D eigenvalue weighted by molar-refractivity contribution is -0.0429. The van der Waals surface area contributed by atoms with Crippen molar-refractivity contribution < 1.29 is 39.6 Å². The lowest BCUT2D eigenvalue weighted by atomic mass is 10.1. The number of aromatic amines is 1. The standard InChI is InChI=1S/C29H25F6N7O3S/c1-15(26-37-24-18(31)14-17(30)23(32)25(24)38-26)27-36-19-8-7-16(13-22(19)40(27)2)28(43)42-11-9-41(10-12-42)21-6-4-3-5-20(21)39-46(44,45)29(33,34)35/h3-8,13-15,39H,9-12H2,1-2H3,(H,37,38). The summed E-state index contributed by atoms with van der Waals surface area (Å²) in [5.41, 5.74) is -4.69. The minimum absolute atomic E-state index is 0.166. The van der Waals surface area contributed by atoms with Crippen molar-refractivity contribution in [3.05, 3.63) is 83.2 Å². The summed E-state index contributed by atoms with van der Waals surface area (Å²) in [4.78, 5) is 28.1. The maximum atomic E-state index is 14.3. The van der Waals surface area contributed by atoms with Crippen molar-refractivity contribution in [1.82, 2.24) is 24.4 Å². The maximum Gasteiger partial charge on any atom is 0.516 e. The van der Waals surface area contributed by atoms with E-state index in [-0.39, 0.29) is 54.8 Å². The molecule has 5 aromatic rings. The molecule has 17 heteroatoms. The minimum Gasteiger partial charge on any atom is -0.366 e. The van der Waals surface area contributed by atoms with Crippen molar-refractivity contribution >= 4 is 49.4 Å². The van der Waals surface area contributed by atoms with Gasteiger partial charge in [-0.2, -0.15) is 21.6 Å². The van der Waals surface area contributed by atoms with Gasteiger partial charge in [-0.15, -0.1) is 0 Å². The Morgan fingerprint density at radius 2 is 1.67 bits per heavy atom. The van der Waals surface area contributed by atoms with Gasteiger partial charge in [0.25, 0.3) is 5.91 Å². The van der Waals surface area contributed by atoms with E-state index in [1.807, 2.05) is 0 Å². The Kier molecular flexibility index (Phi) is 7.61. The maximum absolute atomic E-state index is 14.3. The van der Waals surface area contributed by atoms with Crippen LogP contribution >= 0.6 is 0 Å².